The molecule has 0 spiro atoms. The van der Waals surface area contributed by atoms with E-state index in [1.54, 1.807) is 12.1 Å². The maximum atomic E-state index is 13.1. The van der Waals surface area contributed by atoms with Crippen LogP contribution in [-0.2, 0) is 13.5 Å². The first kappa shape index (κ1) is 10.6. The molecule has 0 fully saturated rings. The summed E-state index contributed by atoms with van der Waals surface area (Å²) in [7, 11) is 1.91. The first-order valence-corrected chi connectivity index (χ1v) is 5.57. The van der Waals surface area contributed by atoms with Crippen molar-refractivity contribution in [2.24, 2.45) is 12.8 Å². The Hall–Kier alpha value is -0.870. The third kappa shape index (κ3) is 1.68. The minimum Gasteiger partial charge on any atom is -0.338 e. The van der Waals surface area contributed by atoms with Crippen LogP contribution in [0, 0.1) is 5.82 Å². The Morgan fingerprint density at radius 2 is 2.20 bits per heavy atom. The van der Waals surface area contributed by atoms with Crippen molar-refractivity contribution in [2.75, 3.05) is 6.54 Å². The van der Waals surface area contributed by atoms with Gasteiger partial charge in [0, 0.05) is 12.4 Å². The van der Waals surface area contributed by atoms with Gasteiger partial charge in [-0.1, -0.05) is 0 Å². The molecule has 0 aliphatic rings. The van der Waals surface area contributed by atoms with Crippen LogP contribution in [0.4, 0.5) is 4.39 Å². The van der Waals surface area contributed by atoms with E-state index in [1.807, 2.05) is 11.6 Å². The van der Waals surface area contributed by atoms with Gasteiger partial charge in [0.05, 0.1) is 10.1 Å². The Bertz CT molecular complexity index is 505. The second kappa shape index (κ2) is 3.94. The van der Waals surface area contributed by atoms with Crippen LogP contribution in [0.25, 0.3) is 10.9 Å². The molecule has 0 unspecified atom stereocenters. The molecule has 2 nitrogen and oxygen atoms in total. The molecule has 0 bridgehead atoms. The molecule has 0 radical (unpaired) electrons. The van der Waals surface area contributed by atoms with E-state index in [0.29, 0.717) is 6.54 Å². The van der Waals surface area contributed by atoms with Gasteiger partial charge in [-0.05, 0) is 52.7 Å². The summed E-state index contributed by atoms with van der Waals surface area (Å²) in [5.41, 5.74) is 7.60. The fraction of sp³-hybridized carbons (Fsp3) is 0.273. The first-order valence-electron chi connectivity index (χ1n) is 4.77. The summed E-state index contributed by atoms with van der Waals surface area (Å²) in [5.74, 6) is -0.213. The normalized spacial score (nSPS) is 11.2. The van der Waals surface area contributed by atoms with Crippen molar-refractivity contribution in [3.05, 3.63) is 34.2 Å². The molecule has 0 saturated heterocycles. The molecule has 0 saturated carbocycles. The topological polar surface area (TPSA) is 30.9 Å². The van der Waals surface area contributed by atoms with Crippen LogP contribution < -0.4 is 5.73 Å². The van der Waals surface area contributed by atoms with Gasteiger partial charge in [0.25, 0.3) is 0 Å². The van der Waals surface area contributed by atoms with Crippen molar-refractivity contribution >= 4 is 26.8 Å². The van der Waals surface area contributed by atoms with Crippen LogP contribution in [0.2, 0.25) is 0 Å². The van der Waals surface area contributed by atoms with Gasteiger partial charge >= 0.3 is 0 Å². The molecule has 1 aromatic heterocycles. The molecule has 0 aliphatic carbocycles. The summed E-state index contributed by atoms with van der Waals surface area (Å²) >= 11 is 3.50. The van der Waals surface area contributed by atoms with E-state index in [2.05, 4.69) is 15.9 Å². The van der Waals surface area contributed by atoms with E-state index < -0.39 is 0 Å². The molecule has 15 heavy (non-hydrogen) atoms. The lowest BCUT2D eigenvalue weighted by atomic mass is 10.1. The summed E-state index contributed by atoms with van der Waals surface area (Å²) in [5, 5.41) is 1.07. The highest BCUT2D eigenvalue weighted by molar-refractivity contribution is 9.10. The van der Waals surface area contributed by atoms with Crippen molar-refractivity contribution in [2.45, 2.75) is 6.42 Å². The third-order valence-corrected chi connectivity index (χ3v) is 3.59. The summed E-state index contributed by atoms with van der Waals surface area (Å²) in [6.45, 7) is 0.592. The Balaban J connectivity index is 2.75. The molecule has 2 rings (SSSR count). The number of halogens is 2. The fourth-order valence-electron chi connectivity index (χ4n) is 1.84. The lowest BCUT2D eigenvalue weighted by Crippen LogP contribution is -2.02. The number of aromatic nitrogens is 1. The number of aryl methyl sites for hydroxylation is 1. The average molecular weight is 271 g/mol. The Morgan fingerprint density at radius 1 is 1.47 bits per heavy atom. The van der Waals surface area contributed by atoms with Crippen LogP contribution in [-0.4, -0.2) is 11.1 Å². The highest BCUT2D eigenvalue weighted by atomic mass is 79.9. The predicted molar refractivity (Wildman–Crippen MR) is 63.3 cm³/mol. The van der Waals surface area contributed by atoms with Crippen molar-refractivity contribution in [1.82, 2.24) is 4.57 Å². The lowest BCUT2D eigenvalue weighted by molar-refractivity contribution is 0.629. The monoisotopic (exact) mass is 270 g/mol. The van der Waals surface area contributed by atoms with E-state index in [1.165, 1.54) is 6.07 Å². The van der Waals surface area contributed by atoms with Gasteiger partial charge < -0.3 is 10.3 Å². The Labute approximate surface area is 96.0 Å². The molecule has 0 amide bonds. The second-order valence-corrected chi connectivity index (χ2v) is 4.28. The summed E-state index contributed by atoms with van der Waals surface area (Å²) in [6, 6.07) is 4.83. The molecule has 2 N–H and O–H groups in total. The number of hydrogen-bond donors (Lipinski definition) is 1. The second-order valence-electron chi connectivity index (χ2n) is 3.53. The zero-order valence-corrected chi connectivity index (χ0v) is 10.0. The first-order chi connectivity index (χ1) is 7.15. The van der Waals surface area contributed by atoms with Crippen molar-refractivity contribution < 1.29 is 4.39 Å². The van der Waals surface area contributed by atoms with Crippen molar-refractivity contribution in [3.8, 4) is 0 Å². The van der Waals surface area contributed by atoms with Gasteiger partial charge in [-0.3, -0.25) is 0 Å². The van der Waals surface area contributed by atoms with Gasteiger partial charge in [0.15, 0.2) is 0 Å². The molecular formula is C11H12BrFN2. The Kier molecular flexibility index (Phi) is 2.80. The maximum absolute atomic E-state index is 13.1. The molecule has 1 aromatic carbocycles. The number of benzene rings is 1. The summed E-state index contributed by atoms with van der Waals surface area (Å²) in [4.78, 5) is 0. The highest BCUT2D eigenvalue weighted by Gasteiger charge is 2.12. The number of fused-ring (bicyclic) bond motifs is 1. The molecular weight excluding hydrogens is 259 g/mol. The highest BCUT2D eigenvalue weighted by Crippen LogP contribution is 2.29. The minimum atomic E-state index is -0.213. The van der Waals surface area contributed by atoms with Gasteiger partial charge in [-0.2, -0.15) is 0 Å². The smallest absolute Gasteiger partial charge is 0.125 e. The zero-order chi connectivity index (χ0) is 11.0. The van der Waals surface area contributed by atoms with E-state index >= 15 is 0 Å². The quantitative estimate of drug-likeness (QED) is 0.894. The van der Waals surface area contributed by atoms with Gasteiger partial charge in [-0.15, -0.1) is 0 Å². The van der Waals surface area contributed by atoms with Crippen molar-refractivity contribution in [1.29, 1.82) is 0 Å². The Morgan fingerprint density at radius 3 is 2.87 bits per heavy atom. The van der Waals surface area contributed by atoms with Gasteiger partial charge in [0.1, 0.15) is 5.82 Å². The zero-order valence-electron chi connectivity index (χ0n) is 8.43. The van der Waals surface area contributed by atoms with Crippen LogP contribution in [0.15, 0.2) is 22.8 Å². The predicted octanol–water partition coefficient (Wildman–Crippen LogP) is 2.58. The van der Waals surface area contributed by atoms with E-state index in [-0.39, 0.29) is 5.82 Å². The fourth-order valence-corrected chi connectivity index (χ4v) is 2.44. The standard InChI is InChI=1S/C11H12BrFN2/c1-15-10-6-7(13)2-3-8(10)9(4-5-14)11(15)12/h2-3,6H,4-5,14H2,1H3. The molecule has 1 heterocycles. The van der Waals surface area contributed by atoms with Crippen LogP contribution in [0.3, 0.4) is 0 Å². The van der Waals surface area contributed by atoms with Gasteiger partial charge in [-0.25, -0.2) is 4.39 Å². The largest absolute Gasteiger partial charge is 0.338 e. The molecule has 0 atom stereocenters. The number of rotatable bonds is 2. The maximum Gasteiger partial charge on any atom is 0.125 e. The minimum absolute atomic E-state index is 0.213. The molecule has 4 heteroatoms. The van der Waals surface area contributed by atoms with Crippen LogP contribution >= 0.6 is 15.9 Å². The number of nitrogens with zero attached hydrogens (tertiary/aromatic N) is 1. The summed E-state index contributed by atoms with van der Waals surface area (Å²) < 4.78 is 16.0. The average Bonchev–Trinajstić information content (AvgIpc) is 2.44. The van der Waals surface area contributed by atoms with E-state index in [4.69, 9.17) is 5.73 Å². The SMILES string of the molecule is Cn1c(Br)c(CCN)c2ccc(F)cc21. The molecule has 0 aliphatic heterocycles. The number of nitrogens with two attached hydrogens (primary N) is 1. The van der Waals surface area contributed by atoms with Crippen molar-refractivity contribution in [3.63, 3.8) is 0 Å². The number of hydrogen-bond acceptors (Lipinski definition) is 1. The van der Waals surface area contributed by atoms with Gasteiger partial charge in [0.2, 0.25) is 0 Å². The molecule has 2 aromatic rings. The third-order valence-electron chi connectivity index (χ3n) is 2.58. The molecule has 80 valence electrons. The van der Waals surface area contributed by atoms with Crippen LogP contribution in [0.5, 0.6) is 0 Å². The summed E-state index contributed by atoms with van der Waals surface area (Å²) in [6.07, 6.45) is 0.795. The van der Waals surface area contributed by atoms with E-state index in [0.717, 1.165) is 27.5 Å². The van der Waals surface area contributed by atoms with E-state index in [9.17, 15) is 4.39 Å². The van der Waals surface area contributed by atoms with Crippen LogP contribution in [0.1, 0.15) is 5.56 Å². The lowest BCUT2D eigenvalue weighted by Gasteiger charge is -1.97.